The van der Waals surface area contributed by atoms with Gasteiger partial charge in [0.05, 0.1) is 18.6 Å². The first kappa shape index (κ1) is 15.0. The summed E-state index contributed by atoms with van der Waals surface area (Å²) in [4.78, 5) is 12.6. The Labute approximate surface area is 137 Å². The molecule has 3 aliphatic rings. The van der Waals surface area contributed by atoms with Gasteiger partial charge < -0.3 is 14.8 Å². The molecule has 124 valence electrons. The van der Waals surface area contributed by atoms with E-state index < -0.39 is 0 Å². The van der Waals surface area contributed by atoms with Gasteiger partial charge in [-0.1, -0.05) is 24.6 Å². The summed E-state index contributed by atoms with van der Waals surface area (Å²) in [5.74, 6) is 1.09. The molecule has 1 amide bonds. The largest absolute Gasteiger partial charge is 0.487 e. The third kappa shape index (κ3) is 2.97. The number of ether oxygens (including phenoxy) is 2. The van der Waals surface area contributed by atoms with Crippen molar-refractivity contribution in [2.75, 3.05) is 13.2 Å². The van der Waals surface area contributed by atoms with E-state index in [0.717, 1.165) is 37.0 Å². The molecule has 2 aliphatic heterocycles. The van der Waals surface area contributed by atoms with Crippen LogP contribution in [0.2, 0.25) is 0 Å². The van der Waals surface area contributed by atoms with Gasteiger partial charge in [0.1, 0.15) is 11.4 Å². The average Bonchev–Trinajstić information content (AvgIpc) is 3.10. The predicted octanol–water partition coefficient (Wildman–Crippen LogP) is 3.37. The Balaban J connectivity index is 1.57. The summed E-state index contributed by atoms with van der Waals surface area (Å²) >= 11 is 0. The van der Waals surface area contributed by atoms with Crippen LogP contribution in [0.4, 0.5) is 0 Å². The highest BCUT2D eigenvalue weighted by molar-refractivity contribution is 5.79. The number of nitrogens with one attached hydrogen (secondary N) is 1. The zero-order valence-corrected chi connectivity index (χ0v) is 13.6. The molecule has 1 aromatic rings. The van der Waals surface area contributed by atoms with Crippen LogP contribution in [-0.4, -0.2) is 24.7 Å². The Morgan fingerprint density at radius 3 is 2.78 bits per heavy atom. The molecule has 2 heterocycles. The first-order chi connectivity index (χ1) is 11.3. The highest BCUT2D eigenvalue weighted by atomic mass is 16.5. The van der Waals surface area contributed by atoms with E-state index in [-0.39, 0.29) is 23.5 Å². The van der Waals surface area contributed by atoms with Crippen molar-refractivity contribution in [3.63, 3.8) is 0 Å². The molecule has 1 saturated carbocycles. The van der Waals surface area contributed by atoms with Crippen LogP contribution in [0.5, 0.6) is 5.75 Å². The van der Waals surface area contributed by atoms with Gasteiger partial charge in [-0.25, -0.2) is 0 Å². The van der Waals surface area contributed by atoms with Crippen LogP contribution in [0.3, 0.4) is 0 Å². The minimum atomic E-state index is -0.0866. The standard InChI is InChI=1S/C19H25NO3/c21-18(14-8-11-22-13-14)20-16-12-19(9-4-1-5-10-19)23-17-7-3-2-6-15(16)17/h2-3,6-7,14,16H,1,4-5,8-13H2,(H,20,21). The number of rotatable bonds is 2. The van der Waals surface area contributed by atoms with Crippen molar-refractivity contribution < 1.29 is 14.3 Å². The van der Waals surface area contributed by atoms with E-state index in [2.05, 4.69) is 11.4 Å². The fourth-order valence-electron chi connectivity index (χ4n) is 4.28. The normalized spacial score (nSPS) is 28.9. The summed E-state index contributed by atoms with van der Waals surface area (Å²) in [7, 11) is 0. The molecule has 0 radical (unpaired) electrons. The van der Waals surface area contributed by atoms with Crippen LogP contribution in [0.1, 0.15) is 56.6 Å². The number of hydrogen-bond donors (Lipinski definition) is 1. The SMILES string of the molecule is O=C(NC1CC2(CCCCC2)Oc2ccccc21)C1CCOC1. The first-order valence-electron chi connectivity index (χ1n) is 8.92. The van der Waals surface area contributed by atoms with Crippen LogP contribution in [0, 0.1) is 5.92 Å². The molecule has 2 unspecified atom stereocenters. The fraction of sp³-hybridized carbons (Fsp3) is 0.632. The molecular weight excluding hydrogens is 290 g/mol. The second-order valence-electron chi connectivity index (χ2n) is 7.21. The van der Waals surface area contributed by atoms with E-state index in [1.807, 2.05) is 18.2 Å². The maximum absolute atomic E-state index is 12.6. The maximum Gasteiger partial charge on any atom is 0.226 e. The average molecular weight is 315 g/mol. The minimum Gasteiger partial charge on any atom is -0.487 e. The van der Waals surface area contributed by atoms with Crippen LogP contribution in [-0.2, 0) is 9.53 Å². The molecule has 4 nitrogen and oxygen atoms in total. The van der Waals surface area contributed by atoms with E-state index in [1.54, 1.807) is 0 Å². The van der Waals surface area contributed by atoms with Gasteiger partial charge in [-0.3, -0.25) is 4.79 Å². The Morgan fingerprint density at radius 1 is 1.17 bits per heavy atom. The number of amides is 1. The smallest absolute Gasteiger partial charge is 0.226 e. The lowest BCUT2D eigenvalue weighted by atomic mass is 9.77. The maximum atomic E-state index is 12.6. The Bertz CT molecular complexity index is 574. The number of hydrogen-bond acceptors (Lipinski definition) is 3. The van der Waals surface area contributed by atoms with Crippen LogP contribution < -0.4 is 10.1 Å². The van der Waals surface area contributed by atoms with Gasteiger partial charge in [0.2, 0.25) is 5.91 Å². The first-order valence-corrected chi connectivity index (χ1v) is 8.92. The summed E-state index contributed by atoms with van der Waals surface area (Å²) in [6, 6.07) is 8.23. The van der Waals surface area contributed by atoms with E-state index in [4.69, 9.17) is 9.47 Å². The zero-order chi connectivity index (χ0) is 15.7. The monoisotopic (exact) mass is 315 g/mol. The third-order valence-electron chi connectivity index (χ3n) is 5.58. The van der Waals surface area contributed by atoms with Crippen molar-refractivity contribution in [3.8, 4) is 5.75 Å². The minimum absolute atomic E-state index is 0.00677. The van der Waals surface area contributed by atoms with Gasteiger partial charge in [-0.05, 0) is 38.2 Å². The second-order valence-corrected chi connectivity index (χ2v) is 7.21. The molecule has 1 saturated heterocycles. The molecule has 1 aliphatic carbocycles. The predicted molar refractivity (Wildman–Crippen MR) is 87.3 cm³/mol. The van der Waals surface area contributed by atoms with Crippen LogP contribution in [0.25, 0.3) is 0 Å². The van der Waals surface area contributed by atoms with E-state index in [1.165, 1.54) is 19.3 Å². The summed E-state index contributed by atoms with van der Waals surface area (Å²) in [5.41, 5.74) is 1.03. The van der Waals surface area contributed by atoms with Crippen molar-refractivity contribution >= 4 is 5.91 Å². The second kappa shape index (κ2) is 6.16. The summed E-state index contributed by atoms with van der Waals surface area (Å²) in [6.45, 7) is 1.26. The Hall–Kier alpha value is -1.55. The Morgan fingerprint density at radius 2 is 2.00 bits per heavy atom. The van der Waals surface area contributed by atoms with Gasteiger partial charge in [-0.2, -0.15) is 0 Å². The van der Waals surface area contributed by atoms with Gasteiger partial charge in [0.15, 0.2) is 0 Å². The molecule has 1 N–H and O–H groups in total. The highest BCUT2D eigenvalue weighted by Gasteiger charge is 2.42. The van der Waals surface area contributed by atoms with Crippen LogP contribution in [0.15, 0.2) is 24.3 Å². The van der Waals surface area contributed by atoms with E-state index >= 15 is 0 Å². The van der Waals surface area contributed by atoms with Crippen molar-refractivity contribution in [2.24, 2.45) is 5.92 Å². The molecule has 0 aromatic heterocycles. The lowest BCUT2D eigenvalue weighted by Crippen LogP contribution is -2.47. The van der Waals surface area contributed by atoms with Crippen molar-refractivity contribution in [3.05, 3.63) is 29.8 Å². The number of fused-ring (bicyclic) bond motifs is 1. The topological polar surface area (TPSA) is 47.6 Å². The number of benzene rings is 1. The van der Waals surface area contributed by atoms with E-state index in [0.29, 0.717) is 13.2 Å². The highest BCUT2D eigenvalue weighted by Crippen LogP contribution is 2.46. The molecule has 1 aromatic carbocycles. The molecule has 23 heavy (non-hydrogen) atoms. The number of para-hydroxylation sites is 1. The van der Waals surface area contributed by atoms with Crippen LogP contribution >= 0.6 is 0 Å². The molecule has 4 heteroatoms. The zero-order valence-electron chi connectivity index (χ0n) is 13.6. The number of carbonyl (C=O) groups is 1. The Kier molecular flexibility index (Phi) is 4.02. The summed E-state index contributed by atoms with van der Waals surface area (Å²) in [6.07, 6.45) is 7.66. The molecule has 4 rings (SSSR count). The summed E-state index contributed by atoms with van der Waals surface area (Å²) < 4.78 is 11.8. The molecular formula is C19H25NO3. The van der Waals surface area contributed by atoms with Gasteiger partial charge in [0.25, 0.3) is 0 Å². The quantitative estimate of drug-likeness (QED) is 0.910. The third-order valence-corrected chi connectivity index (χ3v) is 5.58. The van der Waals surface area contributed by atoms with Crippen molar-refractivity contribution in [2.45, 2.75) is 56.6 Å². The van der Waals surface area contributed by atoms with Crippen molar-refractivity contribution in [1.29, 1.82) is 0 Å². The molecule has 1 spiro atoms. The van der Waals surface area contributed by atoms with Crippen molar-refractivity contribution in [1.82, 2.24) is 5.32 Å². The molecule has 2 fully saturated rings. The van der Waals surface area contributed by atoms with Gasteiger partial charge in [0, 0.05) is 18.6 Å². The summed E-state index contributed by atoms with van der Waals surface area (Å²) in [5, 5.41) is 3.29. The van der Waals surface area contributed by atoms with Gasteiger partial charge in [-0.15, -0.1) is 0 Å². The molecule has 2 atom stereocenters. The lowest BCUT2D eigenvalue weighted by Gasteiger charge is -2.44. The number of carbonyl (C=O) groups excluding carboxylic acids is 1. The lowest BCUT2D eigenvalue weighted by molar-refractivity contribution is -0.126. The van der Waals surface area contributed by atoms with E-state index in [9.17, 15) is 4.79 Å². The van der Waals surface area contributed by atoms with Gasteiger partial charge >= 0.3 is 0 Å². The molecule has 0 bridgehead atoms. The fourth-order valence-corrected chi connectivity index (χ4v) is 4.28.